The van der Waals surface area contributed by atoms with Crippen molar-refractivity contribution in [3.05, 3.63) is 48.7 Å². The van der Waals surface area contributed by atoms with Crippen molar-refractivity contribution in [3.63, 3.8) is 0 Å². The van der Waals surface area contributed by atoms with E-state index < -0.39 is 17.4 Å². The Labute approximate surface area is 149 Å². The number of hydrogen-bond donors (Lipinski definition) is 2. The van der Waals surface area contributed by atoms with Crippen LogP contribution in [0.15, 0.2) is 48.7 Å². The molecule has 1 amide bonds. The van der Waals surface area contributed by atoms with E-state index in [1.165, 1.54) is 0 Å². The SMILES string of the molecule is O=C(COc1ccc(Oc2ccccn2)cc1)NC1(C(=O)O)CCOC1. The van der Waals surface area contributed by atoms with Gasteiger partial charge in [0.15, 0.2) is 12.1 Å². The van der Waals surface area contributed by atoms with Gasteiger partial charge in [0, 0.05) is 25.3 Å². The first-order valence-corrected chi connectivity index (χ1v) is 8.01. The molecule has 1 saturated heterocycles. The first kappa shape index (κ1) is 17.7. The van der Waals surface area contributed by atoms with Crippen molar-refractivity contribution >= 4 is 11.9 Å². The molecule has 1 fully saturated rings. The maximum absolute atomic E-state index is 12.0. The number of amides is 1. The maximum Gasteiger partial charge on any atom is 0.331 e. The van der Waals surface area contributed by atoms with Crippen molar-refractivity contribution in [1.29, 1.82) is 0 Å². The number of benzene rings is 1. The third-order valence-corrected chi connectivity index (χ3v) is 3.86. The summed E-state index contributed by atoms with van der Waals surface area (Å²) in [6.45, 7) is -0.0473. The summed E-state index contributed by atoms with van der Waals surface area (Å²) in [6.07, 6.45) is 1.86. The topological polar surface area (TPSA) is 107 Å². The molecule has 8 heteroatoms. The van der Waals surface area contributed by atoms with Crippen LogP contribution in [0.2, 0.25) is 0 Å². The lowest BCUT2D eigenvalue weighted by molar-refractivity contribution is -0.148. The average Bonchev–Trinajstić information content (AvgIpc) is 3.12. The fourth-order valence-corrected chi connectivity index (χ4v) is 2.47. The molecule has 1 aromatic carbocycles. The van der Waals surface area contributed by atoms with E-state index >= 15 is 0 Å². The van der Waals surface area contributed by atoms with E-state index in [-0.39, 0.29) is 19.6 Å². The number of hydrogen-bond acceptors (Lipinski definition) is 6. The lowest BCUT2D eigenvalue weighted by Crippen LogP contribution is -2.56. The number of aliphatic carboxylic acids is 1. The van der Waals surface area contributed by atoms with Gasteiger partial charge in [0.1, 0.15) is 11.5 Å². The van der Waals surface area contributed by atoms with Crippen molar-refractivity contribution in [2.75, 3.05) is 19.8 Å². The lowest BCUT2D eigenvalue weighted by atomic mass is 9.99. The molecule has 8 nitrogen and oxygen atoms in total. The molecule has 0 saturated carbocycles. The summed E-state index contributed by atoms with van der Waals surface area (Å²) in [5.41, 5.74) is -1.37. The Balaban J connectivity index is 1.51. The molecule has 0 radical (unpaired) electrons. The predicted molar refractivity (Wildman–Crippen MR) is 90.2 cm³/mol. The van der Waals surface area contributed by atoms with Gasteiger partial charge < -0.3 is 24.6 Å². The quantitative estimate of drug-likeness (QED) is 0.774. The van der Waals surface area contributed by atoms with Crippen LogP contribution in [0.1, 0.15) is 6.42 Å². The summed E-state index contributed by atoms with van der Waals surface area (Å²) >= 11 is 0. The minimum absolute atomic E-state index is 0.0480. The molecule has 26 heavy (non-hydrogen) atoms. The van der Waals surface area contributed by atoms with E-state index in [0.29, 0.717) is 24.0 Å². The first-order valence-electron chi connectivity index (χ1n) is 8.01. The standard InChI is InChI=1S/C18H18N2O6/c21-15(20-18(17(22)23)8-10-24-12-18)11-25-13-4-6-14(7-5-13)26-16-3-1-2-9-19-16/h1-7,9H,8,10-12H2,(H,20,21)(H,22,23). The van der Waals surface area contributed by atoms with Crippen LogP contribution in [-0.2, 0) is 14.3 Å². The van der Waals surface area contributed by atoms with Crippen LogP contribution in [0.3, 0.4) is 0 Å². The molecule has 0 bridgehead atoms. The minimum Gasteiger partial charge on any atom is -0.484 e. The highest BCUT2D eigenvalue weighted by molar-refractivity contribution is 5.88. The fourth-order valence-electron chi connectivity index (χ4n) is 2.47. The number of nitrogens with zero attached hydrogens (tertiary/aromatic N) is 1. The highest BCUT2D eigenvalue weighted by Gasteiger charge is 2.43. The summed E-state index contributed by atoms with van der Waals surface area (Å²) in [7, 11) is 0. The van der Waals surface area contributed by atoms with Gasteiger partial charge in [0.05, 0.1) is 6.61 Å². The molecule has 1 aliphatic heterocycles. The van der Waals surface area contributed by atoms with Gasteiger partial charge in [-0.15, -0.1) is 0 Å². The van der Waals surface area contributed by atoms with Gasteiger partial charge in [-0.2, -0.15) is 0 Å². The summed E-state index contributed by atoms with van der Waals surface area (Å²) in [4.78, 5) is 27.4. The molecule has 3 rings (SSSR count). The van der Waals surface area contributed by atoms with Crippen molar-refractivity contribution < 1.29 is 28.9 Å². The Morgan fingerprint density at radius 2 is 1.96 bits per heavy atom. The smallest absolute Gasteiger partial charge is 0.331 e. The van der Waals surface area contributed by atoms with Gasteiger partial charge in [-0.3, -0.25) is 4.79 Å². The highest BCUT2D eigenvalue weighted by atomic mass is 16.5. The number of carbonyl (C=O) groups excluding carboxylic acids is 1. The van der Waals surface area contributed by atoms with E-state index in [1.54, 1.807) is 42.6 Å². The molecular formula is C18H18N2O6. The molecule has 2 N–H and O–H groups in total. The van der Waals surface area contributed by atoms with Gasteiger partial charge in [-0.1, -0.05) is 6.07 Å². The Morgan fingerprint density at radius 3 is 2.58 bits per heavy atom. The van der Waals surface area contributed by atoms with Crippen LogP contribution < -0.4 is 14.8 Å². The maximum atomic E-state index is 12.0. The molecule has 1 unspecified atom stereocenters. The van der Waals surface area contributed by atoms with Gasteiger partial charge in [0.2, 0.25) is 5.88 Å². The molecule has 2 aromatic rings. The van der Waals surface area contributed by atoms with Crippen molar-refractivity contribution in [2.24, 2.45) is 0 Å². The van der Waals surface area contributed by atoms with Crippen molar-refractivity contribution in [2.45, 2.75) is 12.0 Å². The van der Waals surface area contributed by atoms with Crippen molar-refractivity contribution in [1.82, 2.24) is 10.3 Å². The van der Waals surface area contributed by atoms with Crippen LogP contribution in [0.25, 0.3) is 0 Å². The van der Waals surface area contributed by atoms with Gasteiger partial charge in [-0.05, 0) is 30.3 Å². The van der Waals surface area contributed by atoms with E-state index in [2.05, 4.69) is 10.3 Å². The first-order chi connectivity index (χ1) is 12.6. The monoisotopic (exact) mass is 358 g/mol. The number of carboxylic acid groups (broad SMARTS) is 1. The Morgan fingerprint density at radius 1 is 1.19 bits per heavy atom. The third-order valence-electron chi connectivity index (χ3n) is 3.86. The van der Waals surface area contributed by atoms with Crippen LogP contribution in [0.4, 0.5) is 0 Å². The van der Waals surface area contributed by atoms with E-state index in [4.69, 9.17) is 14.2 Å². The second-order valence-corrected chi connectivity index (χ2v) is 5.77. The Kier molecular flexibility index (Phi) is 5.33. The predicted octanol–water partition coefficient (Wildman–Crippen LogP) is 1.61. The second kappa shape index (κ2) is 7.83. The fraction of sp³-hybridized carbons (Fsp3) is 0.278. The van der Waals surface area contributed by atoms with Crippen molar-refractivity contribution in [3.8, 4) is 17.4 Å². The zero-order chi connectivity index (χ0) is 18.4. The molecule has 0 aliphatic carbocycles. The number of ether oxygens (including phenoxy) is 3. The molecule has 136 valence electrons. The van der Waals surface area contributed by atoms with E-state index in [9.17, 15) is 14.7 Å². The Bertz CT molecular complexity index is 757. The normalized spacial score (nSPS) is 18.9. The average molecular weight is 358 g/mol. The number of nitrogens with one attached hydrogen (secondary N) is 1. The molecular weight excluding hydrogens is 340 g/mol. The van der Waals surface area contributed by atoms with E-state index in [1.807, 2.05) is 6.07 Å². The zero-order valence-corrected chi connectivity index (χ0v) is 13.9. The van der Waals surface area contributed by atoms with E-state index in [0.717, 1.165) is 0 Å². The molecule has 1 aromatic heterocycles. The summed E-state index contributed by atoms with van der Waals surface area (Å²) in [6, 6.07) is 12.0. The van der Waals surface area contributed by atoms with Crippen LogP contribution >= 0.6 is 0 Å². The summed E-state index contributed by atoms with van der Waals surface area (Å²) in [5, 5.41) is 11.8. The highest BCUT2D eigenvalue weighted by Crippen LogP contribution is 2.22. The number of carbonyl (C=O) groups is 2. The second-order valence-electron chi connectivity index (χ2n) is 5.77. The minimum atomic E-state index is -1.37. The largest absolute Gasteiger partial charge is 0.484 e. The number of pyridine rings is 1. The summed E-state index contributed by atoms with van der Waals surface area (Å²) < 4.78 is 16.0. The Hall–Kier alpha value is -3.13. The molecule has 0 spiro atoms. The van der Waals surface area contributed by atoms with Crippen LogP contribution in [-0.4, -0.2) is 47.3 Å². The third kappa shape index (κ3) is 4.28. The lowest BCUT2D eigenvalue weighted by Gasteiger charge is -2.23. The molecule has 1 aliphatic rings. The van der Waals surface area contributed by atoms with Crippen LogP contribution in [0.5, 0.6) is 17.4 Å². The van der Waals surface area contributed by atoms with Gasteiger partial charge >= 0.3 is 5.97 Å². The van der Waals surface area contributed by atoms with Gasteiger partial charge in [-0.25, -0.2) is 9.78 Å². The number of rotatable bonds is 7. The zero-order valence-electron chi connectivity index (χ0n) is 13.9. The van der Waals surface area contributed by atoms with Crippen LogP contribution in [0, 0.1) is 0 Å². The number of aromatic nitrogens is 1. The van der Waals surface area contributed by atoms with Gasteiger partial charge in [0.25, 0.3) is 5.91 Å². The molecule has 1 atom stereocenters. The summed E-state index contributed by atoms with van der Waals surface area (Å²) in [5.74, 6) is -0.126. The molecule has 2 heterocycles. The number of carboxylic acids is 1.